The second kappa shape index (κ2) is 7.05. The maximum absolute atomic E-state index is 12.7. The van der Waals surface area contributed by atoms with E-state index in [4.69, 9.17) is 0 Å². The number of fused-ring (bicyclic) bond motifs is 1. The third kappa shape index (κ3) is 3.61. The Kier molecular flexibility index (Phi) is 4.74. The number of hydrogen-bond donors (Lipinski definition) is 3. The Bertz CT molecular complexity index is 785. The van der Waals surface area contributed by atoms with E-state index in [2.05, 4.69) is 28.9 Å². The van der Waals surface area contributed by atoms with Gasteiger partial charge in [0, 0.05) is 37.2 Å². The van der Waals surface area contributed by atoms with E-state index in [1.807, 2.05) is 12.1 Å². The van der Waals surface area contributed by atoms with Gasteiger partial charge in [0.1, 0.15) is 6.04 Å². The predicted octanol–water partition coefficient (Wildman–Crippen LogP) is 0.679. The van der Waals surface area contributed by atoms with Crippen LogP contribution in [0.5, 0.6) is 0 Å². The first-order valence-corrected chi connectivity index (χ1v) is 9.67. The number of carbonyl (C=O) groups is 3. The second-order valence-electron chi connectivity index (χ2n) is 8.09. The van der Waals surface area contributed by atoms with E-state index in [-0.39, 0.29) is 29.7 Å². The molecule has 0 spiro atoms. The fraction of sp³-hybridized carbons (Fsp3) is 0.550. The first kappa shape index (κ1) is 18.1. The molecule has 2 atom stereocenters. The maximum Gasteiger partial charge on any atom is 0.255 e. The average molecular weight is 370 g/mol. The normalized spacial score (nSPS) is 27.8. The van der Waals surface area contributed by atoms with E-state index in [0.29, 0.717) is 18.5 Å². The Morgan fingerprint density at radius 3 is 2.89 bits per heavy atom. The summed E-state index contributed by atoms with van der Waals surface area (Å²) in [6.45, 7) is 5.40. The second-order valence-corrected chi connectivity index (χ2v) is 8.09. The van der Waals surface area contributed by atoms with Crippen molar-refractivity contribution in [2.24, 2.45) is 0 Å². The quantitative estimate of drug-likeness (QED) is 0.663. The summed E-state index contributed by atoms with van der Waals surface area (Å²) in [6, 6.07) is 5.33. The van der Waals surface area contributed by atoms with Crippen molar-refractivity contribution in [1.29, 1.82) is 0 Å². The third-order valence-corrected chi connectivity index (χ3v) is 5.89. The molecule has 3 aliphatic rings. The van der Waals surface area contributed by atoms with Gasteiger partial charge in [0.15, 0.2) is 0 Å². The number of nitrogens with one attached hydrogen (secondary N) is 3. The molecule has 0 bridgehead atoms. The summed E-state index contributed by atoms with van der Waals surface area (Å²) < 4.78 is 0. The highest BCUT2D eigenvalue weighted by Crippen LogP contribution is 2.28. The minimum Gasteiger partial charge on any atom is -0.322 e. The molecule has 0 saturated carbocycles. The number of nitrogens with zero attached hydrogens (tertiary/aromatic N) is 1. The van der Waals surface area contributed by atoms with Crippen molar-refractivity contribution in [1.82, 2.24) is 20.9 Å². The lowest BCUT2D eigenvalue weighted by Gasteiger charge is -2.29. The summed E-state index contributed by atoms with van der Waals surface area (Å²) in [5.41, 5.74) is 2.91. The van der Waals surface area contributed by atoms with E-state index >= 15 is 0 Å². The monoisotopic (exact) mass is 370 g/mol. The van der Waals surface area contributed by atoms with Crippen molar-refractivity contribution in [3.8, 4) is 0 Å². The van der Waals surface area contributed by atoms with Gasteiger partial charge in [-0.15, -0.1) is 0 Å². The van der Waals surface area contributed by atoms with Gasteiger partial charge in [-0.3, -0.25) is 19.7 Å². The molecule has 1 aromatic rings. The zero-order valence-corrected chi connectivity index (χ0v) is 15.6. The molecule has 3 heterocycles. The molecule has 2 unspecified atom stereocenters. The van der Waals surface area contributed by atoms with Gasteiger partial charge in [-0.2, -0.15) is 0 Å². The van der Waals surface area contributed by atoms with Crippen LogP contribution in [0.1, 0.15) is 54.1 Å². The molecule has 7 nitrogen and oxygen atoms in total. The van der Waals surface area contributed by atoms with Gasteiger partial charge in [0.2, 0.25) is 11.8 Å². The van der Waals surface area contributed by atoms with E-state index < -0.39 is 6.04 Å². The number of rotatable bonds is 5. The Hall–Kier alpha value is -2.25. The molecule has 0 aromatic heterocycles. The van der Waals surface area contributed by atoms with Gasteiger partial charge < -0.3 is 15.5 Å². The molecule has 0 radical (unpaired) electrons. The summed E-state index contributed by atoms with van der Waals surface area (Å²) in [4.78, 5) is 37.8. The highest BCUT2D eigenvalue weighted by Gasteiger charge is 2.39. The minimum absolute atomic E-state index is 0.123. The lowest BCUT2D eigenvalue weighted by atomic mass is 10.0. The number of imide groups is 1. The molecule has 3 amide bonds. The molecule has 144 valence electrons. The van der Waals surface area contributed by atoms with Crippen LogP contribution in [-0.4, -0.2) is 47.3 Å². The molecule has 4 rings (SSSR count). The Labute approximate surface area is 158 Å². The summed E-state index contributed by atoms with van der Waals surface area (Å²) in [5, 5.41) is 9.39. The maximum atomic E-state index is 12.7. The first-order chi connectivity index (χ1) is 13.0. The molecule has 2 fully saturated rings. The zero-order chi connectivity index (χ0) is 19.0. The SMILES string of the molecule is CC1(CNCc2ccc3c(c2)CN(C2CCC(=O)NC2=O)C3=O)CCCN1. The molecule has 2 saturated heterocycles. The molecule has 0 aliphatic carbocycles. The third-order valence-electron chi connectivity index (χ3n) is 5.89. The Balaban J connectivity index is 1.40. The van der Waals surface area contributed by atoms with Crippen molar-refractivity contribution in [2.75, 3.05) is 13.1 Å². The first-order valence-electron chi connectivity index (χ1n) is 9.67. The van der Waals surface area contributed by atoms with E-state index in [1.165, 1.54) is 12.8 Å². The molecule has 1 aromatic carbocycles. The zero-order valence-electron chi connectivity index (χ0n) is 15.6. The average Bonchev–Trinajstić information content (AvgIpc) is 3.19. The van der Waals surface area contributed by atoms with Crippen molar-refractivity contribution in [3.05, 3.63) is 34.9 Å². The van der Waals surface area contributed by atoms with Crippen molar-refractivity contribution < 1.29 is 14.4 Å². The van der Waals surface area contributed by atoms with Gasteiger partial charge in [-0.25, -0.2) is 0 Å². The summed E-state index contributed by atoms with van der Waals surface area (Å²) in [7, 11) is 0. The van der Waals surface area contributed by atoms with Gasteiger partial charge in [-0.05, 0) is 49.9 Å². The van der Waals surface area contributed by atoms with E-state index in [0.717, 1.165) is 30.8 Å². The number of benzene rings is 1. The molecule has 27 heavy (non-hydrogen) atoms. The van der Waals surface area contributed by atoms with Crippen molar-refractivity contribution in [3.63, 3.8) is 0 Å². The minimum atomic E-state index is -0.558. The van der Waals surface area contributed by atoms with Crippen LogP contribution in [0.4, 0.5) is 0 Å². The largest absolute Gasteiger partial charge is 0.322 e. The van der Waals surface area contributed by atoms with Crippen LogP contribution in [-0.2, 0) is 22.7 Å². The molecular weight excluding hydrogens is 344 g/mol. The molecule has 3 N–H and O–H groups in total. The Morgan fingerprint density at radius 1 is 1.30 bits per heavy atom. The van der Waals surface area contributed by atoms with E-state index in [1.54, 1.807) is 4.90 Å². The van der Waals surface area contributed by atoms with Crippen LogP contribution in [0, 0.1) is 0 Å². The van der Waals surface area contributed by atoms with Gasteiger partial charge >= 0.3 is 0 Å². The van der Waals surface area contributed by atoms with Crippen LogP contribution in [0.15, 0.2) is 18.2 Å². The van der Waals surface area contributed by atoms with Crippen LogP contribution in [0.25, 0.3) is 0 Å². The van der Waals surface area contributed by atoms with Gasteiger partial charge in [0.25, 0.3) is 5.91 Å². The van der Waals surface area contributed by atoms with Crippen LogP contribution >= 0.6 is 0 Å². The topological polar surface area (TPSA) is 90.5 Å². The summed E-state index contributed by atoms with van der Waals surface area (Å²) in [5.74, 6) is -0.757. The number of amides is 3. The van der Waals surface area contributed by atoms with Gasteiger partial charge in [0.05, 0.1) is 0 Å². The highest BCUT2D eigenvalue weighted by molar-refractivity contribution is 6.05. The fourth-order valence-electron chi connectivity index (χ4n) is 4.33. The van der Waals surface area contributed by atoms with Crippen molar-refractivity contribution >= 4 is 17.7 Å². The van der Waals surface area contributed by atoms with Crippen LogP contribution in [0.2, 0.25) is 0 Å². The smallest absolute Gasteiger partial charge is 0.255 e. The van der Waals surface area contributed by atoms with Crippen molar-refractivity contribution in [2.45, 2.75) is 57.3 Å². The number of piperidine rings is 1. The number of carbonyl (C=O) groups excluding carboxylic acids is 3. The van der Waals surface area contributed by atoms with Crippen LogP contribution < -0.4 is 16.0 Å². The summed E-state index contributed by atoms with van der Waals surface area (Å²) >= 11 is 0. The fourth-order valence-corrected chi connectivity index (χ4v) is 4.33. The molecular formula is C20H26N4O3. The summed E-state index contributed by atoms with van der Waals surface area (Å²) in [6.07, 6.45) is 3.07. The highest BCUT2D eigenvalue weighted by atomic mass is 16.2. The lowest BCUT2D eigenvalue weighted by molar-refractivity contribution is -0.136. The van der Waals surface area contributed by atoms with Gasteiger partial charge in [-0.1, -0.05) is 12.1 Å². The van der Waals surface area contributed by atoms with E-state index in [9.17, 15) is 14.4 Å². The Morgan fingerprint density at radius 2 is 2.15 bits per heavy atom. The van der Waals surface area contributed by atoms with Crippen LogP contribution in [0.3, 0.4) is 0 Å². The lowest BCUT2D eigenvalue weighted by Crippen LogP contribution is -2.52. The molecule has 7 heteroatoms. The predicted molar refractivity (Wildman–Crippen MR) is 99.8 cm³/mol. The standard InChI is InChI=1S/C20H26N4O3/c1-20(7-2-8-22-20)12-21-10-13-3-4-15-14(9-13)11-24(19(15)27)16-5-6-17(25)23-18(16)26/h3-4,9,16,21-22H,2,5-8,10-12H2,1H3,(H,23,25,26). The number of hydrogen-bond acceptors (Lipinski definition) is 5. The molecule has 3 aliphatic heterocycles.